The molecule has 10 nitrogen and oxygen atoms in total. The lowest BCUT2D eigenvalue weighted by atomic mass is 9.95. The van der Waals surface area contributed by atoms with Crippen LogP contribution >= 0.6 is 0 Å². The Hall–Kier alpha value is -2.98. The molecule has 0 radical (unpaired) electrons. The van der Waals surface area contributed by atoms with Gasteiger partial charge in [0.1, 0.15) is 19.3 Å². The molecule has 3 aromatic rings. The lowest BCUT2D eigenvalue weighted by Gasteiger charge is -2.36. The van der Waals surface area contributed by atoms with E-state index in [1.807, 2.05) is 22.9 Å². The molecule has 34 heavy (non-hydrogen) atoms. The van der Waals surface area contributed by atoms with Gasteiger partial charge in [0.15, 0.2) is 17.3 Å². The Labute approximate surface area is 197 Å². The Bertz CT molecular complexity index is 1230. The van der Waals surface area contributed by atoms with Crippen LogP contribution in [0.1, 0.15) is 50.0 Å². The minimum atomic E-state index is -0.342. The quantitative estimate of drug-likeness (QED) is 0.610. The van der Waals surface area contributed by atoms with Crippen LogP contribution in [-0.2, 0) is 11.3 Å². The van der Waals surface area contributed by atoms with Crippen LogP contribution in [0.15, 0.2) is 23.0 Å². The molecule has 1 N–H and O–H groups in total. The number of pyridine rings is 1. The number of ether oxygens (including phenoxy) is 3. The van der Waals surface area contributed by atoms with Crippen LogP contribution in [0.25, 0.3) is 10.9 Å². The van der Waals surface area contributed by atoms with Gasteiger partial charge in [0.05, 0.1) is 18.2 Å². The molecule has 6 rings (SSSR count). The number of nitrogens with zero attached hydrogens (tertiary/aromatic N) is 5. The summed E-state index contributed by atoms with van der Waals surface area (Å²) in [5.41, 5.74) is 1.23. The Morgan fingerprint density at radius 3 is 2.65 bits per heavy atom. The molecule has 0 bridgehead atoms. The molecule has 2 saturated heterocycles. The number of hydrogen-bond acceptors (Lipinski definition) is 8. The van der Waals surface area contributed by atoms with Crippen molar-refractivity contribution >= 4 is 10.9 Å². The van der Waals surface area contributed by atoms with Gasteiger partial charge in [-0.3, -0.25) is 9.69 Å². The average Bonchev–Trinajstić information content (AvgIpc) is 3.52. The summed E-state index contributed by atoms with van der Waals surface area (Å²) in [5.74, 6) is 2.71. The van der Waals surface area contributed by atoms with E-state index in [4.69, 9.17) is 14.2 Å². The average molecular weight is 467 g/mol. The van der Waals surface area contributed by atoms with Gasteiger partial charge in [-0.25, -0.2) is 4.68 Å². The first kappa shape index (κ1) is 21.5. The fraction of sp³-hybridized carbons (Fsp3) is 0.583. The number of aromatic nitrogens is 5. The number of H-pyrrole nitrogens is 1. The summed E-state index contributed by atoms with van der Waals surface area (Å²) in [4.78, 5) is 18.9. The number of aromatic amines is 1. The molecular formula is C24H30N6O4. The topological polar surface area (TPSA) is 107 Å². The molecule has 3 aliphatic heterocycles. The number of likely N-dealkylation sites (tertiary alicyclic amines) is 1. The van der Waals surface area contributed by atoms with Crippen molar-refractivity contribution in [2.45, 2.75) is 51.3 Å². The van der Waals surface area contributed by atoms with Crippen molar-refractivity contribution in [3.63, 3.8) is 0 Å². The third-order valence-electron chi connectivity index (χ3n) is 7.22. The summed E-state index contributed by atoms with van der Waals surface area (Å²) in [5, 5.41) is 13.6. The highest BCUT2D eigenvalue weighted by molar-refractivity contribution is 5.83. The molecule has 0 spiro atoms. The van der Waals surface area contributed by atoms with Crippen molar-refractivity contribution in [1.29, 1.82) is 0 Å². The molecule has 0 aliphatic carbocycles. The van der Waals surface area contributed by atoms with Crippen LogP contribution < -0.4 is 15.0 Å². The van der Waals surface area contributed by atoms with E-state index in [1.165, 1.54) is 0 Å². The van der Waals surface area contributed by atoms with Gasteiger partial charge in [-0.05, 0) is 67.3 Å². The smallest absolute Gasteiger partial charge is 0.253 e. The van der Waals surface area contributed by atoms with Gasteiger partial charge in [-0.1, -0.05) is 6.92 Å². The summed E-state index contributed by atoms with van der Waals surface area (Å²) in [6, 6.07) is 5.40. The van der Waals surface area contributed by atoms with E-state index in [9.17, 15) is 4.79 Å². The monoisotopic (exact) mass is 466 g/mol. The van der Waals surface area contributed by atoms with Crippen molar-refractivity contribution in [1.82, 2.24) is 30.1 Å². The summed E-state index contributed by atoms with van der Waals surface area (Å²) in [7, 11) is 0. The van der Waals surface area contributed by atoms with Crippen LogP contribution in [0, 0.1) is 5.92 Å². The number of piperidine rings is 1. The fourth-order valence-electron chi connectivity index (χ4n) is 5.27. The van der Waals surface area contributed by atoms with Gasteiger partial charge >= 0.3 is 0 Å². The SMILES string of the molecule is CC1CCN([C@@H](c2cc3cc4c(cc3[nH]c2=O)OCCO4)c2nnnn2C[C@@H]2CCCO2)CC1. The number of fused-ring (bicyclic) bond motifs is 2. The predicted molar refractivity (Wildman–Crippen MR) is 124 cm³/mol. The van der Waals surface area contributed by atoms with E-state index < -0.39 is 0 Å². The van der Waals surface area contributed by atoms with E-state index >= 15 is 0 Å². The molecule has 3 aliphatic rings. The van der Waals surface area contributed by atoms with Gasteiger partial charge in [-0.2, -0.15) is 0 Å². The van der Waals surface area contributed by atoms with E-state index in [0.717, 1.165) is 56.3 Å². The molecule has 180 valence electrons. The highest BCUT2D eigenvalue weighted by atomic mass is 16.6. The van der Waals surface area contributed by atoms with Crippen LogP contribution in [-0.4, -0.2) is 69.1 Å². The zero-order chi connectivity index (χ0) is 23.1. The third kappa shape index (κ3) is 4.05. The first-order valence-electron chi connectivity index (χ1n) is 12.2. The van der Waals surface area contributed by atoms with Crippen LogP contribution in [0.5, 0.6) is 11.5 Å². The van der Waals surface area contributed by atoms with Crippen molar-refractivity contribution in [2.24, 2.45) is 5.92 Å². The molecule has 2 atom stereocenters. The largest absolute Gasteiger partial charge is 0.486 e. The Kier molecular flexibility index (Phi) is 5.70. The molecule has 5 heterocycles. The summed E-state index contributed by atoms with van der Waals surface area (Å²) < 4.78 is 19.1. The van der Waals surface area contributed by atoms with E-state index in [1.54, 1.807) is 0 Å². The Morgan fingerprint density at radius 2 is 1.88 bits per heavy atom. The molecule has 0 saturated carbocycles. The second-order valence-corrected chi connectivity index (χ2v) is 9.61. The number of tetrazole rings is 1. The molecule has 0 unspecified atom stereocenters. The minimum Gasteiger partial charge on any atom is -0.486 e. The maximum Gasteiger partial charge on any atom is 0.253 e. The van der Waals surface area contributed by atoms with Crippen LogP contribution in [0.3, 0.4) is 0 Å². The van der Waals surface area contributed by atoms with E-state index in [2.05, 4.69) is 32.3 Å². The van der Waals surface area contributed by atoms with Gasteiger partial charge < -0.3 is 19.2 Å². The Balaban J connectivity index is 1.43. The zero-order valence-electron chi connectivity index (χ0n) is 19.4. The van der Waals surface area contributed by atoms with Gasteiger partial charge in [0.2, 0.25) is 0 Å². The number of benzene rings is 1. The first-order chi connectivity index (χ1) is 16.7. The van der Waals surface area contributed by atoms with Crippen molar-refractivity contribution < 1.29 is 14.2 Å². The van der Waals surface area contributed by atoms with Crippen molar-refractivity contribution in [2.75, 3.05) is 32.9 Å². The second kappa shape index (κ2) is 8.99. The molecule has 2 fully saturated rings. The van der Waals surface area contributed by atoms with Gasteiger partial charge in [0, 0.05) is 23.6 Å². The van der Waals surface area contributed by atoms with Crippen molar-refractivity contribution in [3.05, 3.63) is 39.9 Å². The molecule has 10 heteroatoms. The summed E-state index contributed by atoms with van der Waals surface area (Å²) >= 11 is 0. The third-order valence-corrected chi connectivity index (χ3v) is 7.22. The summed E-state index contributed by atoms with van der Waals surface area (Å²) in [6.45, 7) is 6.44. The molecule has 2 aromatic heterocycles. The van der Waals surface area contributed by atoms with Crippen molar-refractivity contribution in [3.8, 4) is 11.5 Å². The molecular weight excluding hydrogens is 436 g/mol. The maximum absolute atomic E-state index is 13.4. The van der Waals surface area contributed by atoms with E-state index in [0.29, 0.717) is 48.6 Å². The van der Waals surface area contributed by atoms with Gasteiger partial charge in [0.25, 0.3) is 5.56 Å². The molecule has 1 aromatic carbocycles. The highest BCUT2D eigenvalue weighted by Crippen LogP contribution is 2.36. The van der Waals surface area contributed by atoms with E-state index in [-0.39, 0.29) is 17.7 Å². The first-order valence-corrected chi connectivity index (χ1v) is 12.2. The van der Waals surface area contributed by atoms with Gasteiger partial charge in [-0.15, -0.1) is 5.10 Å². The normalized spacial score (nSPS) is 22.3. The second-order valence-electron chi connectivity index (χ2n) is 9.61. The minimum absolute atomic E-state index is 0.0998. The zero-order valence-corrected chi connectivity index (χ0v) is 19.4. The molecule has 0 amide bonds. The standard InChI is InChI=1S/C24H30N6O4/c1-15-4-6-29(7-5-15)22(23-26-27-28-30(23)14-17-3-2-8-32-17)18-11-16-12-20-21(34-10-9-33-20)13-19(16)25-24(18)31/h11-13,15,17,22H,2-10,14H2,1H3,(H,25,31)/t17-,22-/m0/s1. The predicted octanol–water partition coefficient (Wildman–Crippen LogP) is 2.29. The number of nitrogens with one attached hydrogen (secondary N) is 1. The number of rotatable bonds is 5. The fourth-order valence-corrected chi connectivity index (χ4v) is 5.27. The summed E-state index contributed by atoms with van der Waals surface area (Å²) in [6.07, 6.45) is 4.30. The highest BCUT2D eigenvalue weighted by Gasteiger charge is 2.33. The lowest BCUT2D eigenvalue weighted by Crippen LogP contribution is -2.40. The van der Waals surface area contributed by atoms with Crippen LogP contribution in [0.4, 0.5) is 0 Å². The maximum atomic E-state index is 13.4. The van der Waals surface area contributed by atoms with Crippen LogP contribution in [0.2, 0.25) is 0 Å². The lowest BCUT2D eigenvalue weighted by molar-refractivity contribution is 0.0894. The Morgan fingerprint density at radius 1 is 1.09 bits per heavy atom. The number of hydrogen-bond donors (Lipinski definition) is 1.